The van der Waals surface area contributed by atoms with Crippen molar-refractivity contribution in [1.29, 1.82) is 0 Å². The molecule has 2 rings (SSSR count). The average Bonchev–Trinajstić information content (AvgIpc) is 3.15. The number of benzene rings is 1. The molecule has 2 heteroatoms. The molecule has 1 aromatic rings. The predicted octanol–water partition coefficient (Wildman–Crippen LogP) is 3.07. The monoisotopic (exact) mass is 233 g/mol. The maximum absolute atomic E-state index is 5.71. The van der Waals surface area contributed by atoms with Gasteiger partial charge in [-0.25, -0.2) is 0 Å². The van der Waals surface area contributed by atoms with Gasteiger partial charge in [0.05, 0.1) is 12.1 Å². The highest BCUT2D eigenvalue weighted by atomic mass is 16.5. The van der Waals surface area contributed by atoms with Gasteiger partial charge < -0.3 is 10.1 Å². The molecule has 2 unspecified atom stereocenters. The molecule has 2 nitrogen and oxygen atoms in total. The fourth-order valence-electron chi connectivity index (χ4n) is 2.44. The number of hydrogen-bond donors (Lipinski definition) is 1. The van der Waals surface area contributed by atoms with Crippen LogP contribution in [0.2, 0.25) is 0 Å². The molecular weight excluding hydrogens is 210 g/mol. The molecule has 2 atom stereocenters. The molecule has 1 saturated carbocycles. The first kappa shape index (κ1) is 12.6. The highest BCUT2D eigenvalue weighted by Gasteiger charge is 2.37. The lowest BCUT2D eigenvalue weighted by atomic mass is 9.97. The summed E-state index contributed by atoms with van der Waals surface area (Å²) < 4.78 is 5.71. The van der Waals surface area contributed by atoms with Crippen molar-refractivity contribution in [1.82, 2.24) is 5.32 Å². The third-order valence-corrected chi connectivity index (χ3v) is 3.55. The zero-order chi connectivity index (χ0) is 12.3. The molecule has 0 aliphatic heterocycles. The normalized spacial score (nSPS) is 19.0. The first-order valence-corrected chi connectivity index (χ1v) is 6.59. The first-order valence-electron chi connectivity index (χ1n) is 6.59. The summed E-state index contributed by atoms with van der Waals surface area (Å²) in [5, 5.41) is 3.57. The van der Waals surface area contributed by atoms with Crippen molar-refractivity contribution in [3.63, 3.8) is 0 Å². The lowest BCUT2D eigenvalue weighted by molar-refractivity contribution is 0.0511. The van der Waals surface area contributed by atoms with Gasteiger partial charge in [0.15, 0.2) is 0 Å². The van der Waals surface area contributed by atoms with E-state index in [1.807, 2.05) is 7.11 Å². The summed E-state index contributed by atoms with van der Waals surface area (Å²) in [5.41, 5.74) is 2.65. The van der Waals surface area contributed by atoms with E-state index in [0.29, 0.717) is 12.1 Å². The Morgan fingerprint density at radius 3 is 2.41 bits per heavy atom. The molecule has 0 aromatic heterocycles. The molecule has 0 spiro atoms. The van der Waals surface area contributed by atoms with Crippen LogP contribution in [0.5, 0.6) is 0 Å². The largest absolute Gasteiger partial charge is 0.379 e. The van der Waals surface area contributed by atoms with Crippen molar-refractivity contribution in [3.8, 4) is 0 Å². The van der Waals surface area contributed by atoms with Gasteiger partial charge in [0, 0.05) is 7.11 Å². The van der Waals surface area contributed by atoms with Crippen LogP contribution in [-0.4, -0.2) is 19.8 Å². The topological polar surface area (TPSA) is 21.3 Å². The first-order chi connectivity index (χ1) is 8.26. The summed E-state index contributed by atoms with van der Waals surface area (Å²) in [4.78, 5) is 0. The summed E-state index contributed by atoms with van der Waals surface area (Å²) in [6.45, 7) is 5.26. The predicted molar refractivity (Wildman–Crippen MR) is 71.1 cm³/mol. The Bertz CT molecular complexity index is 342. The van der Waals surface area contributed by atoms with Crippen molar-refractivity contribution in [2.24, 2.45) is 5.92 Å². The molecule has 1 aliphatic carbocycles. The van der Waals surface area contributed by atoms with Crippen molar-refractivity contribution >= 4 is 0 Å². The summed E-state index contributed by atoms with van der Waals surface area (Å²) in [7, 11) is 1.83. The zero-order valence-corrected chi connectivity index (χ0v) is 11.1. The number of methoxy groups -OCH3 is 1. The molecule has 17 heavy (non-hydrogen) atoms. The third-order valence-electron chi connectivity index (χ3n) is 3.55. The average molecular weight is 233 g/mol. The van der Waals surface area contributed by atoms with E-state index in [1.54, 1.807) is 0 Å². The van der Waals surface area contributed by atoms with Crippen molar-refractivity contribution in [3.05, 3.63) is 35.4 Å². The Labute approximate surface area is 104 Å². The molecule has 0 saturated heterocycles. The second-order valence-electron chi connectivity index (χ2n) is 4.98. The van der Waals surface area contributed by atoms with Crippen LogP contribution in [0, 0.1) is 12.8 Å². The van der Waals surface area contributed by atoms with E-state index in [4.69, 9.17) is 4.74 Å². The van der Waals surface area contributed by atoms with Crippen LogP contribution in [0.3, 0.4) is 0 Å². The van der Waals surface area contributed by atoms with Gasteiger partial charge >= 0.3 is 0 Å². The van der Waals surface area contributed by atoms with Crippen LogP contribution in [0.4, 0.5) is 0 Å². The van der Waals surface area contributed by atoms with Crippen molar-refractivity contribution in [2.75, 3.05) is 13.7 Å². The Morgan fingerprint density at radius 1 is 1.29 bits per heavy atom. The van der Waals surface area contributed by atoms with Gasteiger partial charge in [0.2, 0.25) is 0 Å². The molecule has 1 fully saturated rings. The lowest BCUT2D eigenvalue weighted by Gasteiger charge is -2.27. The van der Waals surface area contributed by atoms with Gasteiger partial charge in [-0.2, -0.15) is 0 Å². The fraction of sp³-hybridized carbons (Fsp3) is 0.600. The molecule has 0 amide bonds. The van der Waals surface area contributed by atoms with E-state index >= 15 is 0 Å². The Kier molecular flexibility index (Phi) is 4.19. The number of nitrogens with one attached hydrogen (secondary N) is 1. The Balaban J connectivity index is 2.17. The SMILES string of the molecule is CCNC(c1ccc(C)cc1)C(OC)C1CC1. The van der Waals surface area contributed by atoms with E-state index in [2.05, 4.69) is 43.4 Å². The van der Waals surface area contributed by atoms with Crippen LogP contribution in [0.15, 0.2) is 24.3 Å². The fourth-order valence-corrected chi connectivity index (χ4v) is 2.44. The summed E-state index contributed by atoms with van der Waals surface area (Å²) >= 11 is 0. The van der Waals surface area contributed by atoms with Crippen LogP contribution in [0.1, 0.15) is 36.9 Å². The highest BCUT2D eigenvalue weighted by molar-refractivity contribution is 5.25. The van der Waals surface area contributed by atoms with E-state index in [9.17, 15) is 0 Å². The molecule has 0 heterocycles. The van der Waals surface area contributed by atoms with Gasteiger partial charge in [0.25, 0.3) is 0 Å². The third kappa shape index (κ3) is 3.08. The Morgan fingerprint density at radius 2 is 1.94 bits per heavy atom. The van der Waals surface area contributed by atoms with Gasteiger partial charge in [-0.15, -0.1) is 0 Å². The van der Waals surface area contributed by atoms with Gasteiger partial charge in [-0.05, 0) is 37.8 Å². The van der Waals surface area contributed by atoms with Crippen LogP contribution in [-0.2, 0) is 4.74 Å². The Hall–Kier alpha value is -0.860. The summed E-state index contributed by atoms with van der Waals surface area (Å²) in [6, 6.07) is 9.13. The maximum Gasteiger partial charge on any atom is 0.0794 e. The molecule has 0 radical (unpaired) electrons. The maximum atomic E-state index is 5.71. The molecule has 94 valence electrons. The van der Waals surface area contributed by atoms with Crippen LogP contribution in [0.25, 0.3) is 0 Å². The van der Waals surface area contributed by atoms with E-state index in [-0.39, 0.29) is 0 Å². The van der Waals surface area contributed by atoms with E-state index in [0.717, 1.165) is 12.5 Å². The zero-order valence-electron chi connectivity index (χ0n) is 11.1. The molecule has 0 bridgehead atoms. The smallest absolute Gasteiger partial charge is 0.0794 e. The van der Waals surface area contributed by atoms with Gasteiger partial charge in [0.1, 0.15) is 0 Å². The van der Waals surface area contributed by atoms with Gasteiger partial charge in [-0.3, -0.25) is 0 Å². The van der Waals surface area contributed by atoms with Crippen molar-refractivity contribution < 1.29 is 4.74 Å². The minimum atomic E-state index is 0.317. The van der Waals surface area contributed by atoms with Crippen LogP contribution >= 0.6 is 0 Å². The summed E-state index contributed by atoms with van der Waals surface area (Å²) in [6.07, 6.45) is 2.94. The minimum Gasteiger partial charge on any atom is -0.379 e. The number of likely N-dealkylation sites (N-methyl/N-ethyl adjacent to an activating group) is 1. The van der Waals surface area contributed by atoms with Gasteiger partial charge in [-0.1, -0.05) is 36.8 Å². The molecule has 1 aromatic carbocycles. The van der Waals surface area contributed by atoms with E-state index in [1.165, 1.54) is 24.0 Å². The van der Waals surface area contributed by atoms with Crippen molar-refractivity contribution in [2.45, 2.75) is 38.8 Å². The molecule has 1 aliphatic rings. The lowest BCUT2D eigenvalue weighted by Crippen LogP contribution is -2.34. The number of ether oxygens (including phenoxy) is 1. The molecular formula is C15H23NO. The minimum absolute atomic E-state index is 0.317. The number of rotatable bonds is 6. The second-order valence-corrected chi connectivity index (χ2v) is 4.98. The number of aryl methyl sites for hydroxylation is 1. The molecule has 1 N–H and O–H groups in total. The quantitative estimate of drug-likeness (QED) is 0.815. The van der Waals surface area contributed by atoms with Crippen LogP contribution < -0.4 is 5.32 Å². The second kappa shape index (κ2) is 5.65. The standard InChI is InChI=1S/C15H23NO/c1-4-16-14(15(17-3)13-9-10-13)12-7-5-11(2)6-8-12/h5-8,13-16H,4,9-10H2,1-3H3. The summed E-state index contributed by atoms with van der Waals surface area (Å²) in [5.74, 6) is 0.741. The van der Waals surface area contributed by atoms with E-state index < -0.39 is 0 Å². The highest BCUT2D eigenvalue weighted by Crippen LogP contribution is 2.39. The number of hydrogen-bond acceptors (Lipinski definition) is 2.